The Morgan fingerprint density at radius 2 is 1.74 bits per heavy atom. The largest absolute Gasteiger partial charge is 0.399 e. The first kappa shape index (κ1) is 14.1. The van der Waals surface area contributed by atoms with Crippen LogP contribution in [0.2, 0.25) is 0 Å². The fraction of sp³-hybridized carbons (Fsp3) is 0.100. The first-order valence-corrected chi connectivity index (χ1v) is 8.58. The van der Waals surface area contributed by atoms with E-state index in [0.717, 1.165) is 5.69 Å². The molecule has 4 aromatic rings. The number of benzene rings is 2. The standard InChI is InChI=1S/C20H18N2S/c1-12-7-16(21)4-5-17(12)14-3-6-19-15(8-14)9-20(22-19)18-11-23-10-13(18)2/h3-11,22H,21H2,1-2H3. The molecule has 0 amide bonds. The highest BCUT2D eigenvalue weighted by Gasteiger charge is 2.09. The molecule has 2 nitrogen and oxygen atoms in total. The second kappa shape index (κ2) is 5.28. The molecule has 2 heterocycles. The van der Waals surface area contributed by atoms with Gasteiger partial charge in [-0.1, -0.05) is 12.1 Å². The van der Waals surface area contributed by atoms with Crippen LogP contribution in [0.5, 0.6) is 0 Å². The van der Waals surface area contributed by atoms with E-state index in [1.807, 2.05) is 12.1 Å². The summed E-state index contributed by atoms with van der Waals surface area (Å²) >= 11 is 1.74. The predicted octanol–water partition coefficient (Wildman–Crippen LogP) is 5.76. The van der Waals surface area contributed by atoms with Gasteiger partial charge in [-0.25, -0.2) is 0 Å². The van der Waals surface area contributed by atoms with Gasteiger partial charge in [-0.05, 0) is 71.8 Å². The zero-order valence-electron chi connectivity index (χ0n) is 13.2. The first-order chi connectivity index (χ1) is 11.1. The molecule has 0 aliphatic rings. The molecule has 23 heavy (non-hydrogen) atoms. The van der Waals surface area contributed by atoms with Crippen LogP contribution in [0.1, 0.15) is 11.1 Å². The molecule has 0 radical (unpaired) electrons. The van der Waals surface area contributed by atoms with Crippen molar-refractivity contribution in [1.29, 1.82) is 0 Å². The second-order valence-electron chi connectivity index (χ2n) is 6.03. The molecule has 0 fully saturated rings. The summed E-state index contributed by atoms with van der Waals surface area (Å²) in [5, 5.41) is 5.62. The number of aryl methyl sites for hydroxylation is 2. The normalized spacial score (nSPS) is 11.2. The Morgan fingerprint density at radius 3 is 2.48 bits per heavy atom. The van der Waals surface area contributed by atoms with Crippen molar-refractivity contribution in [2.24, 2.45) is 0 Å². The van der Waals surface area contributed by atoms with Crippen molar-refractivity contribution in [3.05, 3.63) is 64.4 Å². The number of thiophene rings is 1. The van der Waals surface area contributed by atoms with Gasteiger partial charge in [0.1, 0.15) is 0 Å². The van der Waals surface area contributed by atoms with Crippen LogP contribution in [0.25, 0.3) is 33.3 Å². The van der Waals surface area contributed by atoms with E-state index in [2.05, 4.69) is 59.9 Å². The van der Waals surface area contributed by atoms with Gasteiger partial charge < -0.3 is 10.7 Å². The van der Waals surface area contributed by atoms with Crippen molar-refractivity contribution < 1.29 is 0 Å². The van der Waals surface area contributed by atoms with Crippen molar-refractivity contribution in [2.75, 3.05) is 5.73 Å². The van der Waals surface area contributed by atoms with Gasteiger partial charge in [0.2, 0.25) is 0 Å². The van der Waals surface area contributed by atoms with Gasteiger partial charge in [0.15, 0.2) is 0 Å². The number of nitrogen functional groups attached to an aromatic ring is 1. The Balaban J connectivity index is 1.83. The minimum atomic E-state index is 0.809. The highest BCUT2D eigenvalue weighted by Crippen LogP contribution is 2.32. The van der Waals surface area contributed by atoms with E-state index in [1.165, 1.54) is 44.4 Å². The van der Waals surface area contributed by atoms with Crippen molar-refractivity contribution in [3.8, 4) is 22.4 Å². The van der Waals surface area contributed by atoms with E-state index < -0.39 is 0 Å². The summed E-state index contributed by atoms with van der Waals surface area (Å²) in [6, 6.07) is 14.9. The third-order valence-electron chi connectivity index (χ3n) is 4.33. The Kier molecular flexibility index (Phi) is 3.24. The molecule has 2 aromatic heterocycles. The number of aromatic nitrogens is 1. The van der Waals surface area contributed by atoms with Crippen molar-refractivity contribution in [2.45, 2.75) is 13.8 Å². The van der Waals surface area contributed by atoms with Gasteiger partial charge >= 0.3 is 0 Å². The van der Waals surface area contributed by atoms with Crippen molar-refractivity contribution in [3.63, 3.8) is 0 Å². The number of rotatable bonds is 2. The van der Waals surface area contributed by atoms with E-state index in [4.69, 9.17) is 5.73 Å². The van der Waals surface area contributed by atoms with Crippen molar-refractivity contribution in [1.82, 2.24) is 4.98 Å². The maximum absolute atomic E-state index is 5.86. The van der Waals surface area contributed by atoms with E-state index >= 15 is 0 Å². The van der Waals surface area contributed by atoms with E-state index in [-0.39, 0.29) is 0 Å². The predicted molar refractivity (Wildman–Crippen MR) is 101 cm³/mol. The number of hydrogen-bond donors (Lipinski definition) is 2. The van der Waals surface area contributed by atoms with Crippen LogP contribution in [0, 0.1) is 13.8 Å². The molecule has 2 aromatic carbocycles. The lowest BCUT2D eigenvalue weighted by atomic mass is 9.99. The zero-order chi connectivity index (χ0) is 16.0. The van der Waals surface area contributed by atoms with Gasteiger partial charge in [-0.15, -0.1) is 0 Å². The maximum atomic E-state index is 5.86. The van der Waals surface area contributed by atoms with Crippen LogP contribution in [0.3, 0.4) is 0 Å². The third kappa shape index (κ3) is 2.43. The smallest absolute Gasteiger partial charge is 0.0475 e. The summed E-state index contributed by atoms with van der Waals surface area (Å²) < 4.78 is 0. The highest BCUT2D eigenvalue weighted by atomic mass is 32.1. The molecule has 4 rings (SSSR count). The SMILES string of the molecule is Cc1cc(N)ccc1-c1ccc2[nH]c(-c3cscc3C)cc2c1. The lowest BCUT2D eigenvalue weighted by molar-refractivity contribution is 1.43. The van der Waals surface area contributed by atoms with E-state index in [0.29, 0.717) is 0 Å². The Bertz CT molecular complexity index is 1010. The molecule has 0 spiro atoms. The molecule has 3 N–H and O–H groups in total. The van der Waals surface area contributed by atoms with Crippen molar-refractivity contribution >= 4 is 27.9 Å². The van der Waals surface area contributed by atoms with Crippen LogP contribution < -0.4 is 5.73 Å². The van der Waals surface area contributed by atoms with Crippen LogP contribution in [-0.4, -0.2) is 4.98 Å². The molecule has 3 heteroatoms. The number of aromatic amines is 1. The lowest BCUT2D eigenvalue weighted by Crippen LogP contribution is -1.88. The molecule has 0 saturated carbocycles. The van der Waals surface area contributed by atoms with Gasteiger partial charge in [0.25, 0.3) is 0 Å². The summed E-state index contributed by atoms with van der Waals surface area (Å²) in [5.41, 5.74) is 15.3. The molecule has 0 saturated heterocycles. The van der Waals surface area contributed by atoms with Gasteiger partial charge in [0.05, 0.1) is 0 Å². The highest BCUT2D eigenvalue weighted by molar-refractivity contribution is 7.08. The molecule has 0 unspecified atom stereocenters. The molecule has 0 aliphatic heterocycles. The average molecular weight is 318 g/mol. The molecule has 0 atom stereocenters. The zero-order valence-corrected chi connectivity index (χ0v) is 14.0. The maximum Gasteiger partial charge on any atom is 0.0475 e. The van der Waals surface area contributed by atoms with Gasteiger partial charge in [-0.3, -0.25) is 0 Å². The molecular weight excluding hydrogens is 300 g/mol. The number of nitrogens with one attached hydrogen (secondary N) is 1. The summed E-state index contributed by atoms with van der Waals surface area (Å²) in [5.74, 6) is 0. The lowest BCUT2D eigenvalue weighted by Gasteiger charge is -2.07. The number of H-pyrrole nitrogens is 1. The topological polar surface area (TPSA) is 41.8 Å². The Hall–Kier alpha value is -2.52. The van der Waals surface area contributed by atoms with Gasteiger partial charge in [-0.2, -0.15) is 11.3 Å². The number of hydrogen-bond acceptors (Lipinski definition) is 2. The van der Waals surface area contributed by atoms with Crippen LogP contribution >= 0.6 is 11.3 Å². The summed E-state index contributed by atoms with van der Waals surface area (Å²) in [4.78, 5) is 3.53. The monoisotopic (exact) mass is 318 g/mol. The number of fused-ring (bicyclic) bond motifs is 1. The summed E-state index contributed by atoms with van der Waals surface area (Å²) in [7, 11) is 0. The van der Waals surface area contributed by atoms with Crippen LogP contribution in [-0.2, 0) is 0 Å². The Labute approximate surface area is 139 Å². The minimum Gasteiger partial charge on any atom is -0.399 e. The summed E-state index contributed by atoms with van der Waals surface area (Å²) in [6.45, 7) is 4.26. The van der Waals surface area contributed by atoms with Gasteiger partial charge in [0, 0.05) is 33.2 Å². The molecular formula is C20H18N2S. The average Bonchev–Trinajstić information content (AvgIpc) is 3.11. The fourth-order valence-electron chi connectivity index (χ4n) is 3.09. The van der Waals surface area contributed by atoms with Crippen LogP contribution in [0.15, 0.2) is 53.2 Å². The molecule has 0 bridgehead atoms. The summed E-state index contributed by atoms with van der Waals surface area (Å²) in [6.07, 6.45) is 0. The Morgan fingerprint density at radius 1 is 0.870 bits per heavy atom. The van der Waals surface area contributed by atoms with E-state index in [1.54, 1.807) is 11.3 Å². The number of nitrogens with two attached hydrogens (primary N) is 1. The molecule has 114 valence electrons. The third-order valence-corrected chi connectivity index (χ3v) is 5.19. The van der Waals surface area contributed by atoms with Crippen LogP contribution in [0.4, 0.5) is 5.69 Å². The quantitative estimate of drug-likeness (QED) is 0.453. The fourth-order valence-corrected chi connectivity index (χ4v) is 3.94. The second-order valence-corrected chi connectivity index (χ2v) is 6.77. The minimum absolute atomic E-state index is 0.809. The first-order valence-electron chi connectivity index (χ1n) is 7.64. The number of anilines is 1. The molecule has 0 aliphatic carbocycles. The van der Waals surface area contributed by atoms with E-state index in [9.17, 15) is 0 Å².